The van der Waals surface area contributed by atoms with Gasteiger partial charge in [0, 0.05) is 6.42 Å². The van der Waals surface area contributed by atoms with Gasteiger partial charge in [0.1, 0.15) is 6.02 Å². The average Bonchev–Trinajstić information content (AvgIpc) is 2.68. The molecule has 0 saturated carbocycles. The van der Waals surface area contributed by atoms with Crippen LogP contribution in [0.25, 0.3) is 0 Å². The van der Waals surface area contributed by atoms with Crippen molar-refractivity contribution in [3.63, 3.8) is 0 Å². The van der Waals surface area contributed by atoms with Crippen LogP contribution in [0.4, 0.5) is 0 Å². The van der Waals surface area contributed by atoms with Crippen LogP contribution in [-0.2, 0) is 9.59 Å². The number of piperidine rings is 1. The molecular weight excluding hydrogens is 260 g/mol. The number of hydrogen-bond acceptors (Lipinski definition) is 4. The molecule has 0 aromatic heterocycles. The zero-order valence-corrected chi connectivity index (χ0v) is 10.7. The van der Waals surface area contributed by atoms with Crippen molar-refractivity contribution in [3.8, 4) is 0 Å². The lowest BCUT2D eigenvalue weighted by Gasteiger charge is -2.27. The number of nitrogens with one attached hydrogen (secondary N) is 1. The van der Waals surface area contributed by atoms with E-state index in [4.69, 9.17) is 1.37 Å². The number of benzene rings is 1. The molecule has 0 radical (unpaired) electrons. The Morgan fingerprint density at radius 3 is 2.65 bits per heavy atom. The Morgan fingerprint density at radius 2 is 2.00 bits per heavy atom. The molecule has 2 heterocycles. The van der Waals surface area contributed by atoms with Crippen molar-refractivity contribution >= 4 is 23.6 Å². The predicted molar refractivity (Wildman–Crippen MR) is 67.9 cm³/mol. The second-order valence-corrected chi connectivity index (χ2v) is 4.77. The van der Waals surface area contributed by atoms with Crippen LogP contribution in [0.1, 0.15) is 40.5 Å². The molecule has 0 spiro atoms. The van der Waals surface area contributed by atoms with Gasteiger partial charge in [-0.05, 0) is 25.0 Å². The van der Waals surface area contributed by atoms with Crippen LogP contribution in [-0.4, -0.2) is 34.5 Å². The summed E-state index contributed by atoms with van der Waals surface area (Å²) in [7, 11) is 0. The lowest BCUT2D eigenvalue weighted by atomic mass is 10.0. The highest BCUT2D eigenvalue weighted by Crippen LogP contribution is 2.29. The van der Waals surface area contributed by atoms with E-state index in [0.29, 0.717) is 10.5 Å². The Hall–Kier alpha value is -2.50. The Bertz CT molecular complexity index is 715. The summed E-state index contributed by atoms with van der Waals surface area (Å²) < 4.78 is 8.24. The van der Waals surface area contributed by atoms with E-state index in [1.165, 1.54) is 6.07 Å². The Balaban J connectivity index is 2.08. The standard InChI is InChI=1S/C14H12N2O4/c1-7-3-2-4-8-11(7)14(20)16(13(8)19)9-5-6-10(17)15-12(9)18/h2-4,9H,5-6H2,1H3,(H,15,17,18)/i9D. The van der Waals surface area contributed by atoms with E-state index >= 15 is 0 Å². The van der Waals surface area contributed by atoms with Gasteiger partial charge in [-0.25, -0.2) is 0 Å². The minimum Gasteiger partial charge on any atom is -0.295 e. The predicted octanol–water partition coefficient (Wildman–Crippen LogP) is 0.396. The molecule has 1 N–H and O–H groups in total. The summed E-state index contributed by atoms with van der Waals surface area (Å²) in [5.41, 5.74) is 1.03. The van der Waals surface area contributed by atoms with Crippen LogP contribution in [0.5, 0.6) is 0 Å². The van der Waals surface area contributed by atoms with E-state index in [1.807, 2.05) is 5.32 Å². The largest absolute Gasteiger partial charge is 0.295 e. The molecule has 0 aliphatic carbocycles. The summed E-state index contributed by atoms with van der Waals surface area (Å²) in [5, 5.41) is 2.02. The maximum Gasteiger partial charge on any atom is 0.262 e. The lowest BCUT2D eigenvalue weighted by Crippen LogP contribution is -2.54. The highest BCUT2D eigenvalue weighted by Gasteiger charge is 2.44. The summed E-state index contributed by atoms with van der Waals surface area (Å²) in [6, 6.07) is 2.75. The molecule has 1 saturated heterocycles. The number of carbonyl (C=O) groups is 4. The van der Waals surface area contributed by atoms with E-state index in [2.05, 4.69) is 0 Å². The van der Waals surface area contributed by atoms with Crippen molar-refractivity contribution in [1.29, 1.82) is 0 Å². The van der Waals surface area contributed by atoms with Gasteiger partial charge in [0.2, 0.25) is 11.8 Å². The SMILES string of the molecule is [2H]C1(N2C(=O)c3cccc(C)c3C2=O)CCC(=O)NC1=O. The summed E-state index contributed by atoms with van der Waals surface area (Å²) in [4.78, 5) is 48.7. The van der Waals surface area contributed by atoms with Crippen LogP contribution in [0, 0.1) is 6.92 Å². The summed E-state index contributed by atoms with van der Waals surface area (Å²) in [6.45, 7) is 1.69. The molecule has 2 aliphatic heterocycles. The summed E-state index contributed by atoms with van der Waals surface area (Å²) in [6.07, 6.45) is -0.274. The van der Waals surface area contributed by atoms with Gasteiger partial charge >= 0.3 is 0 Å². The number of rotatable bonds is 1. The molecule has 4 amide bonds. The van der Waals surface area contributed by atoms with E-state index in [9.17, 15) is 19.2 Å². The second kappa shape index (κ2) is 4.26. The third kappa shape index (κ3) is 1.65. The highest BCUT2D eigenvalue weighted by atomic mass is 16.2. The molecule has 2 aliphatic rings. The number of nitrogens with zero attached hydrogens (tertiary/aromatic N) is 1. The quantitative estimate of drug-likeness (QED) is 0.750. The highest BCUT2D eigenvalue weighted by molar-refractivity contribution is 6.24. The average molecular weight is 273 g/mol. The van der Waals surface area contributed by atoms with Gasteiger partial charge in [0.15, 0.2) is 0 Å². The zero-order valence-electron chi connectivity index (χ0n) is 11.7. The van der Waals surface area contributed by atoms with Crippen molar-refractivity contribution < 1.29 is 20.5 Å². The van der Waals surface area contributed by atoms with Crippen LogP contribution >= 0.6 is 0 Å². The molecule has 1 aromatic rings. The number of carbonyl (C=O) groups excluding carboxylic acids is 4. The summed E-state index contributed by atoms with van der Waals surface area (Å²) >= 11 is 0. The fourth-order valence-corrected chi connectivity index (χ4v) is 2.52. The Morgan fingerprint density at radius 1 is 1.25 bits per heavy atom. The van der Waals surface area contributed by atoms with Crippen molar-refractivity contribution in [1.82, 2.24) is 10.2 Å². The first-order valence-electron chi connectivity index (χ1n) is 6.69. The number of amides is 4. The van der Waals surface area contributed by atoms with Crippen LogP contribution in [0.3, 0.4) is 0 Å². The van der Waals surface area contributed by atoms with Crippen molar-refractivity contribution in [3.05, 3.63) is 34.9 Å². The maximum atomic E-state index is 12.5. The minimum atomic E-state index is -2.08. The Kier molecular flexibility index (Phi) is 2.42. The van der Waals surface area contributed by atoms with E-state index < -0.39 is 29.6 Å². The number of fused-ring (bicyclic) bond motifs is 1. The third-order valence-electron chi connectivity index (χ3n) is 3.50. The summed E-state index contributed by atoms with van der Waals surface area (Å²) in [5.74, 6) is -2.77. The normalized spacial score (nSPS) is 26.4. The second-order valence-electron chi connectivity index (χ2n) is 4.77. The van der Waals surface area contributed by atoms with Crippen molar-refractivity contribution in [2.75, 3.05) is 0 Å². The first-order chi connectivity index (χ1) is 9.86. The fourth-order valence-electron chi connectivity index (χ4n) is 2.52. The molecule has 1 aromatic carbocycles. The molecule has 102 valence electrons. The van der Waals surface area contributed by atoms with Gasteiger partial charge in [-0.2, -0.15) is 0 Å². The molecule has 1 unspecified atom stereocenters. The molecule has 1 fully saturated rings. The lowest BCUT2D eigenvalue weighted by molar-refractivity contribution is -0.136. The van der Waals surface area contributed by atoms with Gasteiger partial charge in [-0.3, -0.25) is 29.4 Å². The molecule has 20 heavy (non-hydrogen) atoms. The maximum absolute atomic E-state index is 12.5. The van der Waals surface area contributed by atoms with Crippen molar-refractivity contribution in [2.24, 2.45) is 0 Å². The number of hydrogen-bond donors (Lipinski definition) is 1. The van der Waals surface area contributed by atoms with E-state index in [1.54, 1.807) is 19.1 Å². The molecule has 0 bridgehead atoms. The number of aryl methyl sites for hydroxylation is 1. The van der Waals surface area contributed by atoms with E-state index in [0.717, 1.165) is 0 Å². The first kappa shape index (κ1) is 11.3. The minimum absolute atomic E-state index is 0.0817. The van der Waals surface area contributed by atoms with Crippen LogP contribution in [0.15, 0.2) is 18.2 Å². The Labute approximate surface area is 116 Å². The zero-order chi connectivity index (χ0) is 15.4. The van der Waals surface area contributed by atoms with Gasteiger partial charge in [-0.15, -0.1) is 0 Å². The molecule has 6 heteroatoms. The van der Waals surface area contributed by atoms with Crippen molar-refractivity contribution in [2.45, 2.75) is 25.8 Å². The van der Waals surface area contributed by atoms with Gasteiger partial charge in [0.25, 0.3) is 11.8 Å². The van der Waals surface area contributed by atoms with Gasteiger partial charge in [-0.1, -0.05) is 12.1 Å². The fraction of sp³-hybridized carbons (Fsp3) is 0.286. The van der Waals surface area contributed by atoms with Gasteiger partial charge < -0.3 is 0 Å². The smallest absolute Gasteiger partial charge is 0.262 e. The third-order valence-corrected chi connectivity index (χ3v) is 3.50. The molecule has 6 nitrogen and oxygen atoms in total. The first-order valence-corrected chi connectivity index (χ1v) is 6.19. The van der Waals surface area contributed by atoms with Gasteiger partial charge in [0.05, 0.1) is 12.5 Å². The molecular formula is C14H12N2O4. The van der Waals surface area contributed by atoms with Crippen LogP contribution in [0.2, 0.25) is 0 Å². The van der Waals surface area contributed by atoms with E-state index in [-0.39, 0.29) is 24.0 Å². The molecule has 3 rings (SSSR count). The number of imide groups is 2. The van der Waals surface area contributed by atoms with Crippen LogP contribution < -0.4 is 5.32 Å². The topological polar surface area (TPSA) is 83.6 Å². The monoisotopic (exact) mass is 273 g/mol. The molecule has 1 atom stereocenters.